The van der Waals surface area contributed by atoms with Crippen molar-refractivity contribution >= 4 is 23.3 Å². The molecular weight excluding hydrogens is 298 g/mol. The fraction of sp³-hybridized carbons (Fsp3) is 0.500. The van der Waals surface area contributed by atoms with Gasteiger partial charge in [-0.3, -0.25) is 4.79 Å². The first-order valence-electron chi connectivity index (χ1n) is 7.47. The Bertz CT molecular complexity index is 578. The Kier molecular flexibility index (Phi) is 5.24. The topological polar surface area (TPSA) is 61.4 Å². The molecule has 1 unspecified atom stereocenters. The molecule has 1 aliphatic rings. The maximum atomic E-state index is 13.0. The fourth-order valence-electron chi connectivity index (χ4n) is 2.65. The predicted octanol–water partition coefficient (Wildman–Crippen LogP) is 2.71. The summed E-state index contributed by atoms with van der Waals surface area (Å²) < 4.78 is 0. The Hall–Kier alpha value is -1.82. The number of nitrogens with zero attached hydrogens (tertiary/aromatic N) is 1. The van der Waals surface area contributed by atoms with Crippen LogP contribution in [0.1, 0.15) is 33.3 Å². The maximum absolute atomic E-state index is 13.0. The van der Waals surface area contributed by atoms with Crippen LogP contribution in [0.2, 0.25) is 0 Å². The maximum Gasteiger partial charge on any atom is 0.319 e. The third-order valence-corrected chi connectivity index (χ3v) is 4.27. The summed E-state index contributed by atoms with van der Waals surface area (Å²) in [4.78, 5) is 26.3. The van der Waals surface area contributed by atoms with Crippen molar-refractivity contribution in [2.75, 3.05) is 6.54 Å². The number of carbonyl (C=O) groups is 2. The van der Waals surface area contributed by atoms with E-state index in [1.54, 1.807) is 18.3 Å². The van der Waals surface area contributed by atoms with E-state index in [4.69, 9.17) is 0 Å². The molecule has 0 aromatic carbocycles. The summed E-state index contributed by atoms with van der Waals surface area (Å²) in [6, 6.07) is 1.50. The van der Waals surface area contributed by atoms with E-state index in [0.29, 0.717) is 30.3 Å². The largest absolute Gasteiger partial charge is 0.334 e. The van der Waals surface area contributed by atoms with Crippen LogP contribution in [0, 0.1) is 5.92 Å². The Morgan fingerprint density at radius 3 is 2.73 bits per heavy atom. The first kappa shape index (κ1) is 16.5. The van der Waals surface area contributed by atoms with E-state index >= 15 is 0 Å². The summed E-state index contributed by atoms with van der Waals surface area (Å²) in [6.45, 7) is 9.09. The van der Waals surface area contributed by atoms with E-state index in [0.717, 1.165) is 5.56 Å². The van der Waals surface area contributed by atoms with Gasteiger partial charge in [-0.25, -0.2) is 4.79 Å². The minimum atomic E-state index is -0.279. The van der Waals surface area contributed by atoms with Crippen molar-refractivity contribution in [3.63, 3.8) is 0 Å². The molecule has 2 heterocycles. The zero-order valence-corrected chi connectivity index (χ0v) is 14.3. The number of urea groups is 1. The Morgan fingerprint density at radius 2 is 2.18 bits per heavy atom. The number of amides is 3. The molecule has 0 saturated heterocycles. The van der Waals surface area contributed by atoms with Crippen LogP contribution < -0.4 is 10.6 Å². The molecule has 2 rings (SSSR count). The monoisotopic (exact) mass is 321 g/mol. The van der Waals surface area contributed by atoms with Crippen LogP contribution >= 0.6 is 11.3 Å². The third kappa shape index (κ3) is 3.88. The van der Waals surface area contributed by atoms with Gasteiger partial charge in [0.1, 0.15) is 0 Å². The van der Waals surface area contributed by atoms with Crippen LogP contribution in [0.25, 0.3) is 0 Å². The fourth-order valence-corrected chi connectivity index (χ4v) is 3.31. The van der Waals surface area contributed by atoms with Gasteiger partial charge in [0.2, 0.25) is 0 Å². The van der Waals surface area contributed by atoms with Gasteiger partial charge in [0, 0.05) is 18.8 Å². The van der Waals surface area contributed by atoms with Crippen molar-refractivity contribution in [3.8, 4) is 0 Å². The van der Waals surface area contributed by atoms with Crippen molar-refractivity contribution in [2.24, 2.45) is 5.92 Å². The van der Waals surface area contributed by atoms with Gasteiger partial charge in [-0.15, -0.1) is 0 Å². The minimum absolute atomic E-state index is 0.0163. The predicted molar refractivity (Wildman–Crippen MR) is 88.4 cm³/mol. The highest BCUT2D eigenvalue weighted by atomic mass is 32.1. The molecular formula is C16H23N3O2S. The van der Waals surface area contributed by atoms with Gasteiger partial charge >= 0.3 is 6.03 Å². The highest BCUT2D eigenvalue weighted by Crippen LogP contribution is 2.19. The quantitative estimate of drug-likeness (QED) is 0.876. The zero-order chi connectivity index (χ0) is 16.3. The van der Waals surface area contributed by atoms with E-state index in [2.05, 4.69) is 29.9 Å². The Balaban J connectivity index is 2.24. The molecule has 0 bridgehead atoms. The molecule has 22 heavy (non-hydrogen) atoms. The molecule has 0 saturated carbocycles. The second-order valence-electron chi connectivity index (χ2n) is 6.07. The summed E-state index contributed by atoms with van der Waals surface area (Å²) in [5.41, 5.74) is 2.41. The van der Waals surface area contributed by atoms with E-state index in [-0.39, 0.29) is 18.0 Å². The molecule has 2 N–H and O–H groups in total. The Labute approximate surface area is 135 Å². The van der Waals surface area contributed by atoms with Gasteiger partial charge in [-0.2, -0.15) is 11.3 Å². The minimum Gasteiger partial charge on any atom is -0.334 e. The first-order valence-corrected chi connectivity index (χ1v) is 8.41. The highest BCUT2D eigenvalue weighted by Gasteiger charge is 2.30. The lowest BCUT2D eigenvalue weighted by Gasteiger charge is -2.31. The van der Waals surface area contributed by atoms with Crippen molar-refractivity contribution in [1.29, 1.82) is 0 Å². The van der Waals surface area contributed by atoms with Gasteiger partial charge in [0.25, 0.3) is 5.91 Å². The van der Waals surface area contributed by atoms with Crippen LogP contribution in [-0.4, -0.2) is 29.4 Å². The van der Waals surface area contributed by atoms with Crippen molar-refractivity contribution in [1.82, 2.24) is 15.5 Å². The molecule has 1 aromatic rings. The average molecular weight is 321 g/mol. The average Bonchev–Trinajstić information content (AvgIpc) is 2.88. The summed E-state index contributed by atoms with van der Waals surface area (Å²) in [5, 5.41) is 9.52. The lowest BCUT2D eigenvalue weighted by atomic mass is 10.0. The number of thiophene rings is 1. The number of nitrogens with one attached hydrogen (secondary N) is 2. The SMILES string of the molecule is CC1=C(C(=O)N(Cc2ccsc2)CC(C)C)C(C)NC(=O)N1. The molecule has 1 atom stereocenters. The van der Waals surface area contributed by atoms with E-state index in [1.807, 2.05) is 23.3 Å². The Morgan fingerprint density at radius 1 is 1.45 bits per heavy atom. The zero-order valence-electron chi connectivity index (χ0n) is 13.5. The number of carbonyl (C=O) groups excluding carboxylic acids is 2. The number of allylic oxidation sites excluding steroid dienone is 1. The standard InChI is InChI=1S/C16H23N3O2S/c1-10(2)7-19(8-13-5-6-22-9-13)15(20)14-11(3)17-16(21)18-12(14)4/h5-6,9-11H,7-8H2,1-4H3,(H2,17,18,21). The summed E-state index contributed by atoms with van der Waals surface area (Å²) >= 11 is 1.63. The summed E-state index contributed by atoms with van der Waals surface area (Å²) in [5.74, 6) is 0.363. The van der Waals surface area contributed by atoms with Crippen LogP contribution in [0.5, 0.6) is 0 Å². The molecule has 1 aliphatic heterocycles. The number of hydrogen-bond donors (Lipinski definition) is 2. The van der Waals surface area contributed by atoms with Crippen molar-refractivity contribution < 1.29 is 9.59 Å². The van der Waals surface area contributed by atoms with E-state index in [9.17, 15) is 9.59 Å². The number of hydrogen-bond acceptors (Lipinski definition) is 3. The van der Waals surface area contributed by atoms with Gasteiger partial charge in [-0.1, -0.05) is 13.8 Å². The summed E-state index contributed by atoms with van der Waals surface area (Å²) in [6.07, 6.45) is 0. The van der Waals surface area contributed by atoms with Crippen LogP contribution in [0.15, 0.2) is 28.1 Å². The van der Waals surface area contributed by atoms with E-state index < -0.39 is 0 Å². The second kappa shape index (κ2) is 6.96. The van der Waals surface area contributed by atoms with Gasteiger partial charge < -0.3 is 15.5 Å². The molecule has 0 radical (unpaired) electrons. The van der Waals surface area contributed by atoms with Crippen LogP contribution in [0.4, 0.5) is 4.79 Å². The normalized spacial score (nSPS) is 18.2. The second-order valence-corrected chi connectivity index (χ2v) is 6.85. The van der Waals surface area contributed by atoms with E-state index in [1.165, 1.54) is 0 Å². The van der Waals surface area contributed by atoms with Gasteiger partial charge in [0.05, 0.1) is 11.6 Å². The third-order valence-electron chi connectivity index (χ3n) is 3.54. The lowest BCUT2D eigenvalue weighted by Crippen LogP contribution is -2.51. The lowest BCUT2D eigenvalue weighted by molar-refractivity contribution is -0.128. The first-order chi connectivity index (χ1) is 10.4. The summed E-state index contributed by atoms with van der Waals surface area (Å²) in [7, 11) is 0. The molecule has 5 nitrogen and oxygen atoms in total. The molecule has 0 fully saturated rings. The molecule has 0 aliphatic carbocycles. The molecule has 0 spiro atoms. The highest BCUT2D eigenvalue weighted by molar-refractivity contribution is 7.07. The van der Waals surface area contributed by atoms with Crippen molar-refractivity contribution in [2.45, 2.75) is 40.3 Å². The molecule has 3 amide bonds. The molecule has 1 aromatic heterocycles. The smallest absolute Gasteiger partial charge is 0.319 e. The van der Waals surface area contributed by atoms with Gasteiger partial charge in [0.15, 0.2) is 0 Å². The molecule has 120 valence electrons. The van der Waals surface area contributed by atoms with Crippen LogP contribution in [0.3, 0.4) is 0 Å². The van der Waals surface area contributed by atoms with Crippen molar-refractivity contribution in [3.05, 3.63) is 33.7 Å². The number of rotatable bonds is 5. The molecule has 6 heteroatoms. The van der Waals surface area contributed by atoms with Crippen LogP contribution in [-0.2, 0) is 11.3 Å². The van der Waals surface area contributed by atoms with Gasteiger partial charge in [-0.05, 0) is 42.2 Å².